The van der Waals surface area contributed by atoms with Gasteiger partial charge < -0.3 is 10.6 Å². The average Bonchev–Trinajstić information content (AvgIpc) is 2.46. The predicted molar refractivity (Wildman–Crippen MR) is 84.8 cm³/mol. The summed E-state index contributed by atoms with van der Waals surface area (Å²) in [5.41, 5.74) is 9.00. The van der Waals surface area contributed by atoms with Crippen LogP contribution in [0.4, 0.5) is 5.69 Å². The number of benzene rings is 1. The van der Waals surface area contributed by atoms with E-state index in [1.807, 2.05) is 62.1 Å². The molecule has 0 unspecified atom stereocenters. The third-order valence-corrected chi connectivity index (χ3v) is 3.38. The number of hydrogen-bond acceptors (Lipinski definition) is 3. The van der Waals surface area contributed by atoms with Crippen LogP contribution in [0.25, 0.3) is 0 Å². The standard InChI is InChI=1S/C17H21N3O/c1-12(2)20(11-14-5-8-16(18)9-6-14)17(21)15-7-4-13(3)19-10-15/h4-10,12H,11,18H2,1-3H3. The Morgan fingerprint density at radius 1 is 1.19 bits per heavy atom. The van der Waals surface area contributed by atoms with E-state index in [1.54, 1.807) is 6.20 Å². The number of aromatic nitrogens is 1. The zero-order chi connectivity index (χ0) is 15.4. The van der Waals surface area contributed by atoms with Crippen molar-refractivity contribution < 1.29 is 4.79 Å². The lowest BCUT2D eigenvalue weighted by molar-refractivity contribution is 0.0690. The molecule has 4 heteroatoms. The number of nitrogens with zero attached hydrogens (tertiary/aromatic N) is 2. The Bertz CT molecular complexity index is 603. The number of carbonyl (C=O) groups excluding carboxylic acids is 1. The van der Waals surface area contributed by atoms with Crippen molar-refractivity contribution in [3.8, 4) is 0 Å². The molecule has 0 saturated carbocycles. The molecular formula is C17H21N3O. The summed E-state index contributed by atoms with van der Waals surface area (Å²) in [6, 6.07) is 11.4. The quantitative estimate of drug-likeness (QED) is 0.877. The van der Waals surface area contributed by atoms with E-state index in [-0.39, 0.29) is 11.9 Å². The van der Waals surface area contributed by atoms with Gasteiger partial charge in [0.05, 0.1) is 5.56 Å². The van der Waals surface area contributed by atoms with Crippen molar-refractivity contribution in [3.05, 3.63) is 59.4 Å². The number of nitrogen functional groups attached to an aromatic ring is 1. The van der Waals surface area contributed by atoms with E-state index in [1.165, 1.54) is 0 Å². The van der Waals surface area contributed by atoms with Crippen LogP contribution in [0.2, 0.25) is 0 Å². The average molecular weight is 283 g/mol. The first kappa shape index (κ1) is 15.0. The molecule has 0 spiro atoms. The highest BCUT2D eigenvalue weighted by Gasteiger charge is 2.19. The minimum atomic E-state index is -0.00525. The summed E-state index contributed by atoms with van der Waals surface area (Å²) in [4.78, 5) is 18.7. The highest BCUT2D eigenvalue weighted by atomic mass is 16.2. The summed E-state index contributed by atoms with van der Waals surface area (Å²) in [6.07, 6.45) is 1.63. The van der Waals surface area contributed by atoms with Crippen molar-refractivity contribution in [2.45, 2.75) is 33.4 Å². The number of hydrogen-bond donors (Lipinski definition) is 1. The summed E-state index contributed by atoms with van der Waals surface area (Å²) in [7, 11) is 0. The lowest BCUT2D eigenvalue weighted by atomic mass is 10.1. The topological polar surface area (TPSA) is 59.2 Å². The first-order valence-corrected chi connectivity index (χ1v) is 7.05. The normalized spacial score (nSPS) is 10.7. The molecule has 0 fully saturated rings. The van der Waals surface area contributed by atoms with Crippen LogP contribution in [-0.4, -0.2) is 21.8 Å². The fraction of sp³-hybridized carbons (Fsp3) is 0.294. The maximum absolute atomic E-state index is 12.6. The summed E-state index contributed by atoms with van der Waals surface area (Å²) in [5, 5.41) is 0. The molecule has 1 amide bonds. The maximum Gasteiger partial charge on any atom is 0.255 e. The van der Waals surface area contributed by atoms with Crippen LogP contribution in [0.15, 0.2) is 42.6 Å². The molecule has 4 nitrogen and oxygen atoms in total. The van der Waals surface area contributed by atoms with Crippen molar-refractivity contribution in [3.63, 3.8) is 0 Å². The van der Waals surface area contributed by atoms with Crippen LogP contribution >= 0.6 is 0 Å². The van der Waals surface area contributed by atoms with E-state index in [9.17, 15) is 4.79 Å². The maximum atomic E-state index is 12.6. The molecule has 1 heterocycles. The van der Waals surface area contributed by atoms with Gasteiger partial charge in [-0.3, -0.25) is 9.78 Å². The molecule has 0 aliphatic rings. The monoisotopic (exact) mass is 283 g/mol. The number of carbonyl (C=O) groups is 1. The van der Waals surface area contributed by atoms with Gasteiger partial charge in [-0.1, -0.05) is 12.1 Å². The second-order valence-electron chi connectivity index (χ2n) is 5.46. The van der Waals surface area contributed by atoms with Crippen LogP contribution in [0, 0.1) is 6.92 Å². The number of amides is 1. The number of rotatable bonds is 4. The third kappa shape index (κ3) is 3.81. The van der Waals surface area contributed by atoms with E-state index < -0.39 is 0 Å². The van der Waals surface area contributed by atoms with Gasteiger partial charge in [-0.15, -0.1) is 0 Å². The van der Waals surface area contributed by atoms with E-state index in [2.05, 4.69) is 4.98 Å². The molecule has 2 aromatic rings. The fourth-order valence-electron chi connectivity index (χ4n) is 2.07. The summed E-state index contributed by atoms with van der Waals surface area (Å²) in [5.74, 6) is -0.00525. The highest BCUT2D eigenvalue weighted by Crippen LogP contribution is 2.14. The van der Waals surface area contributed by atoms with E-state index >= 15 is 0 Å². The molecule has 0 radical (unpaired) electrons. The van der Waals surface area contributed by atoms with Crippen molar-refractivity contribution in [1.82, 2.24) is 9.88 Å². The second-order valence-corrected chi connectivity index (χ2v) is 5.46. The zero-order valence-corrected chi connectivity index (χ0v) is 12.7. The molecule has 1 aromatic carbocycles. The fourth-order valence-corrected chi connectivity index (χ4v) is 2.07. The number of nitrogens with two attached hydrogens (primary N) is 1. The van der Waals surface area contributed by atoms with Crippen molar-refractivity contribution in [1.29, 1.82) is 0 Å². The van der Waals surface area contributed by atoms with Crippen LogP contribution in [0.3, 0.4) is 0 Å². The van der Waals surface area contributed by atoms with E-state index in [0.717, 1.165) is 16.9 Å². The second kappa shape index (κ2) is 6.39. The van der Waals surface area contributed by atoms with Crippen LogP contribution in [-0.2, 0) is 6.54 Å². The van der Waals surface area contributed by atoms with Gasteiger partial charge in [-0.25, -0.2) is 0 Å². The van der Waals surface area contributed by atoms with Gasteiger partial charge in [0.2, 0.25) is 0 Å². The SMILES string of the molecule is Cc1ccc(C(=O)N(Cc2ccc(N)cc2)C(C)C)cn1. The molecule has 0 saturated heterocycles. The van der Waals surface area contributed by atoms with Gasteiger partial charge in [-0.05, 0) is 50.6 Å². The molecule has 0 aliphatic carbocycles. The first-order chi connectivity index (χ1) is 9.97. The molecule has 0 aliphatic heterocycles. The largest absolute Gasteiger partial charge is 0.399 e. The Kier molecular flexibility index (Phi) is 4.58. The molecule has 0 bridgehead atoms. The Balaban J connectivity index is 2.20. The van der Waals surface area contributed by atoms with Gasteiger partial charge in [0.1, 0.15) is 0 Å². The molecule has 2 N–H and O–H groups in total. The van der Waals surface area contributed by atoms with Gasteiger partial charge in [0.15, 0.2) is 0 Å². The van der Waals surface area contributed by atoms with Crippen molar-refractivity contribution in [2.75, 3.05) is 5.73 Å². The van der Waals surface area contributed by atoms with E-state index in [4.69, 9.17) is 5.73 Å². The lowest BCUT2D eigenvalue weighted by Gasteiger charge is -2.27. The highest BCUT2D eigenvalue weighted by molar-refractivity contribution is 5.94. The first-order valence-electron chi connectivity index (χ1n) is 7.05. The van der Waals surface area contributed by atoms with Gasteiger partial charge in [0, 0.05) is 30.2 Å². The molecule has 110 valence electrons. The Morgan fingerprint density at radius 2 is 1.86 bits per heavy atom. The van der Waals surface area contributed by atoms with Crippen molar-refractivity contribution in [2.24, 2.45) is 0 Å². The minimum absolute atomic E-state index is 0.00525. The lowest BCUT2D eigenvalue weighted by Crippen LogP contribution is -2.36. The summed E-state index contributed by atoms with van der Waals surface area (Å²) < 4.78 is 0. The molecule has 2 rings (SSSR count). The molecular weight excluding hydrogens is 262 g/mol. The third-order valence-electron chi connectivity index (χ3n) is 3.38. The van der Waals surface area contributed by atoms with Crippen LogP contribution in [0.5, 0.6) is 0 Å². The summed E-state index contributed by atoms with van der Waals surface area (Å²) in [6.45, 7) is 6.49. The molecule has 0 atom stereocenters. The van der Waals surface area contributed by atoms with Gasteiger partial charge >= 0.3 is 0 Å². The van der Waals surface area contributed by atoms with Crippen LogP contribution < -0.4 is 5.73 Å². The van der Waals surface area contributed by atoms with E-state index in [0.29, 0.717) is 12.1 Å². The Hall–Kier alpha value is -2.36. The number of pyridine rings is 1. The minimum Gasteiger partial charge on any atom is -0.399 e. The zero-order valence-electron chi connectivity index (χ0n) is 12.7. The van der Waals surface area contributed by atoms with Gasteiger partial charge in [0.25, 0.3) is 5.91 Å². The predicted octanol–water partition coefficient (Wildman–Crippen LogP) is 3.02. The molecule has 1 aromatic heterocycles. The van der Waals surface area contributed by atoms with Gasteiger partial charge in [-0.2, -0.15) is 0 Å². The van der Waals surface area contributed by atoms with Crippen LogP contribution in [0.1, 0.15) is 35.5 Å². The van der Waals surface area contributed by atoms with Crippen molar-refractivity contribution >= 4 is 11.6 Å². The Labute approximate surface area is 125 Å². The number of aryl methyl sites for hydroxylation is 1. The molecule has 21 heavy (non-hydrogen) atoms. The Morgan fingerprint density at radius 3 is 2.38 bits per heavy atom. The summed E-state index contributed by atoms with van der Waals surface area (Å²) >= 11 is 0. The number of anilines is 1. The smallest absolute Gasteiger partial charge is 0.255 e.